The highest BCUT2D eigenvalue weighted by atomic mass is 16.4. The normalized spacial score (nSPS) is 11.8. The first-order valence-electron chi connectivity index (χ1n) is 5.08. The second kappa shape index (κ2) is 5.20. The molecule has 1 aromatic rings. The van der Waals surface area contributed by atoms with Crippen molar-refractivity contribution in [1.82, 2.24) is 0 Å². The second-order valence-electron chi connectivity index (χ2n) is 3.83. The Balaban J connectivity index is 2.92. The number of carboxylic acids is 1. The number of hydrogen-bond donors (Lipinski definition) is 4. The molecule has 1 aromatic carbocycles. The lowest BCUT2D eigenvalue weighted by Gasteiger charge is -2.15. The van der Waals surface area contributed by atoms with Gasteiger partial charge in [-0.05, 0) is 25.1 Å². The topological polar surface area (TPSA) is 118 Å². The Hall–Kier alpha value is -2.24. The molecule has 0 aliphatic heterocycles. The third-order valence-corrected chi connectivity index (χ3v) is 2.18. The molecule has 0 bridgehead atoms. The molecule has 6 N–H and O–H groups in total. The Morgan fingerprint density at radius 3 is 2.65 bits per heavy atom. The molecule has 6 heteroatoms. The van der Waals surface area contributed by atoms with Gasteiger partial charge in [-0.25, -0.2) is 4.79 Å². The molecular weight excluding hydrogens is 222 g/mol. The molecular formula is C11H15N3O3. The maximum absolute atomic E-state index is 11.0. The van der Waals surface area contributed by atoms with Gasteiger partial charge < -0.3 is 21.9 Å². The largest absolute Gasteiger partial charge is 0.478 e. The molecule has 0 aliphatic rings. The quantitative estimate of drug-likeness (QED) is 0.560. The fraction of sp³-hybridized carbons (Fsp3) is 0.273. The number of nitrogen functional groups attached to an aromatic ring is 1. The fourth-order valence-electron chi connectivity index (χ4n) is 1.49. The van der Waals surface area contributed by atoms with Gasteiger partial charge in [-0.2, -0.15) is 0 Å². The number of nitrogens with one attached hydrogen (secondary N) is 1. The van der Waals surface area contributed by atoms with E-state index in [1.54, 1.807) is 6.92 Å². The number of anilines is 2. The van der Waals surface area contributed by atoms with E-state index in [4.69, 9.17) is 16.6 Å². The van der Waals surface area contributed by atoms with Crippen LogP contribution in [0.3, 0.4) is 0 Å². The Bertz CT molecular complexity index is 446. The number of hydrogen-bond acceptors (Lipinski definition) is 4. The Morgan fingerprint density at radius 2 is 2.12 bits per heavy atom. The van der Waals surface area contributed by atoms with Crippen LogP contribution in [0.15, 0.2) is 18.2 Å². The molecule has 1 amide bonds. The number of amides is 1. The summed E-state index contributed by atoms with van der Waals surface area (Å²) in [5.74, 6) is -1.51. The van der Waals surface area contributed by atoms with Crippen molar-refractivity contribution in [1.29, 1.82) is 0 Å². The molecule has 0 aromatic heterocycles. The van der Waals surface area contributed by atoms with Crippen molar-refractivity contribution >= 4 is 23.3 Å². The van der Waals surface area contributed by atoms with E-state index in [1.165, 1.54) is 18.2 Å². The smallest absolute Gasteiger partial charge is 0.337 e. The first-order chi connectivity index (χ1) is 7.90. The van der Waals surface area contributed by atoms with Gasteiger partial charge in [-0.15, -0.1) is 0 Å². The summed E-state index contributed by atoms with van der Waals surface area (Å²) in [5.41, 5.74) is 11.6. The predicted octanol–water partition coefficient (Wildman–Crippen LogP) is 0.643. The second-order valence-corrected chi connectivity index (χ2v) is 3.83. The third kappa shape index (κ3) is 3.67. The lowest BCUT2D eigenvalue weighted by Crippen LogP contribution is -2.24. The lowest BCUT2D eigenvalue weighted by molar-refractivity contribution is -0.118. The molecule has 0 saturated carbocycles. The highest BCUT2D eigenvalue weighted by Crippen LogP contribution is 2.20. The molecule has 17 heavy (non-hydrogen) atoms. The van der Waals surface area contributed by atoms with Gasteiger partial charge in [0.2, 0.25) is 5.91 Å². The van der Waals surface area contributed by atoms with E-state index in [1.807, 2.05) is 0 Å². The molecule has 0 aliphatic carbocycles. The molecule has 0 saturated heterocycles. The Morgan fingerprint density at radius 1 is 1.47 bits per heavy atom. The Labute approximate surface area is 98.6 Å². The van der Waals surface area contributed by atoms with Crippen LogP contribution in [0, 0.1) is 0 Å². The summed E-state index contributed by atoms with van der Waals surface area (Å²) in [6.07, 6.45) is 0.119. The first kappa shape index (κ1) is 12.8. The zero-order valence-electron chi connectivity index (χ0n) is 9.43. The SMILES string of the molecule is CC(CC(N)=O)Nc1cc(N)ccc1C(=O)O. The van der Waals surface area contributed by atoms with Crippen LogP contribution in [0.2, 0.25) is 0 Å². The molecule has 1 rings (SSSR count). The molecule has 92 valence electrons. The van der Waals surface area contributed by atoms with Gasteiger partial charge in [0.1, 0.15) is 0 Å². The van der Waals surface area contributed by atoms with Crippen LogP contribution in [-0.2, 0) is 4.79 Å². The highest BCUT2D eigenvalue weighted by molar-refractivity contribution is 5.95. The van der Waals surface area contributed by atoms with E-state index in [-0.39, 0.29) is 18.0 Å². The van der Waals surface area contributed by atoms with Crippen LogP contribution in [0.1, 0.15) is 23.7 Å². The minimum Gasteiger partial charge on any atom is -0.478 e. The summed E-state index contributed by atoms with van der Waals surface area (Å²) < 4.78 is 0. The van der Waals surface area contributed by atoms with E-state index < -0.39 is 11.9 Å². The average Bonchev–Trinajstić information content (AvgIpc) is 2.15. The van der Waals surface area contributed by atoms with Crippen molar-refractivity contribution in [3.63, 3.8) is 0 Å². The molecule has 1 atom stereocenters. The summed E-state index contributed by atoms with van der Waals surface area (Å²) in [6, 6.07) is 4.18. The summed E-state index contributed by atoms with van der Waals surface area (Å²) in [7, 11) is 0. The van der Waals surface area contributed by atoms with Crippen LogP contribution in [0.4, 0.5) is 11.4 Å². The maximum Gasteiger partial charge on any atom is 0.337 e. The van der Waals surface area contributed by atoms with Gasteiger partial charge in [0.05, 0.1) is 11.3 Å². The van der Waals surface area contributed by atoms with Crippen molar-refractivity contribution in [2.75, 3.05) is 11.1 Å². The maximum atomic E-state index is 11.0. The van der Waals surface area contributed by atoms with Gasteiger partial charge in [0.15, 0.2) is 0 Å². The van der Waals surface area contributed by atoms with Crippen LogP contribution in [0.5, 0.6) is 0 Å². The van der Waals surface area contributed by atoms with Crippen LogP contribution < -0.4 is 16.8 Å². The minimum atomic E-state index is -1.06. The van der Waals surface area contributed by atoms with Crippen LogP contribution >= 0.6 is 0 Å². The fourth-order valence-corrected chi connectivity index (χ4v) is 1.49. The molecule has 0 fully saturated rings. The number of carbonyl (C=O) groups is 2. The van der Waals surface area contributed by atoms with Gasteiger partial charge >= 0.3 is 5.97 Å². The standard InChI is InChI=1S/C11H15N3O3/c1-6(4-10(13)15)14-9-5-7(12)2-3-8(9)11(16)17/h2-3,5-6,14H,4,12H2,1H3,(H2,13,15)(H,16,17). The van der Waals surface area contributed by atoms with E-state index >= 15 is 0 Å². The highest BCUT2D eigenvalue weighted by Gasteiger charge is 2.13. The summed E-state index contributed by atoms with van der Waals surface area (Å²) in [4.78, 5) is 21.7. The molecule has 1 unspecified atom stereocenters. The number of rotatable bonds is 5. The van der Waals surface area contributed by atoms with Gasteiger partial charge in [0, 0.05) is 18.2 Å². The number of benzene rings is 1. The van der Waals surface area contributed by atoms with E-state index in [0.717, 1.165) is 0 Å². The zero-order valence-corrected chi connectivity index (χ0v) is 9.43. The third-order valence-electron chi connectivity index (χ3n) is 2.18. The van der Waals surface area contributed by atoms with Gasteiger partial charge in [-0.1, -0.05) is 0 Å². The monoisotopic (exact) mass is 237 g/mol. The number of primary amides is 1. The number of aromatic carboxylic acids is 1. The van der Waals surface area contributed by atoms with Crippen molar-refractivity contribution < 1.29 is 14.7 Å². The molecule has 6 nitrogen and oxygen atoms in total. The van der Waals surface area contributed by atoms with E-state index in [0.29, 0.717) is 11.4 Å². The lowest BCUT2D eigenvalue weighted by atomic mass is 10.1. The molecule has 0 spiro atoms. The number of nitrogens with two attached hydrogens (primary N) is 2. The predicted molar refractivity (Wildman–Crippen MR) is 64.7 cm³/mol. The minimum absolute atomic E-state index is 0.107. The van der Waals surface area contributed by atoms with Gasteiger partial charge in [0.25, 0.3) is 0 Å². The summed E-state index contributed by atoms with van der Waals surface area (Å²) >= 11 is 0. The van der Waals surface area contributed by atoms with Crippen molar-refractivity contribution in [2.24, 2.45) is 5.73 Å². The molecule has 0 radical (unpaired) electrons. The van der Waals surface area contributed by atoms with E-state index in [9.17, 15) is 9.59 Å². The first-order valence-corrected chi connectivity index (χ1v) is 5.08. The zero-order chi connectivity index (χ0) is 13.0. The number of carbonyl (C=O) groups excluding carboxylic acids is 1. The van der Waals surface area contributed by atoms with Crippen LogP contribution in [0.25, 0.3) is 0 Å². The number of carboxylic acid groups (broad SMARTS) is 1. The summed E-state index contributed by atoms with van der Waals surface area (Å²) in [5, 5.41) is 11.9. The van der Waals surface area contributed by atoms with Gasteiger partial charge in [-0.3, -0.25) is 4.79 Å². The molecule has 0 heterocycles. The average molecular weight is 237 g/mol. The van der Waals surface area contributed by atoms with E-state index in [2.05, 4.69) is 5.32 Å². The summed E-state index contributed by atoms with van der Waals surface area (Å²) in [6.45, 7) is 1.74. The van der Waals surface area contributed by atoms with Crippen molar-refractivity contribution in [3.8, 4) is 0 Å². The van der Waals surface area contributed by atoms with Crippen molar-refractivity contribution in [2.45, 2.75) is 19.4 Å². The van der Waals surface area contributed by atoms with Crippen molar-refractivity contribution in [3.05, 3.63) is 23.8 Å². The Kier molecular flexibility index (Phi) is 3.92. The van der Waals surface area contributed by atoms with Crippen LogP contribution in [-0.4, -0.2) is 23.0 Å².